The SMILES string of the molecule is O=C(NCC1CCCCO1)Nc1ccc(F)c(C(=O)O)c1. The van der Waals surface area contributed by atoms with Crippen molar-refractivity contribution in [2.75, 3.05) is 18.5 Å². The number of ether oxygens (including phenoxy) is 1. The van der Waals surface area contributed by atoms with Crippen LogP contribution in [0.15, 0.2) is 18.2 Å². The van der Waals surface area contributed by atoms with Crippen LogP contribution in [0.5, 0.6) is 0 Å². The number of carbonyl (C=O) groups excluding carboxylic acids is 1. The maximum absolute atomic E-state index is 13.2. The zero-order valence-electron chi connectivity index (χ0n) is 11.4. The summed E-state index contributed by atoms with van der Waals surface area (Å²) >= 11 is 0. The van der Waals surface area contributed by atoms with Gasteiger partial charge in [-0.3, -0.25) is 0 Å². The summed E-state index contributed by atoms with van der Waals surface area (Å²) in [5.74, 6) is -2.23. The molecule has 6 nitrogen and oxygen atoms in total. The molecule has 2 amide bonds. The Morgan fingerprint density at radius 1 is 1.38 bits per heavy atom. The Kier molecular flexibility index (Phi) is 5.10. The molecule has 3 N–H and O–H groups in total. The molecule has 0 radical (unpaired) electrons. The summed E-state index contributed by atoms with van der Waals surface area (Å²) in [7, 11) is 0. The van der Waals surface area contributed by atoms with E-state index in [1.807, 2.05) is 0 Å². The van der Waals surface area contributed by atoms with Crippen molar-refractivity contribution in [1.29, 1.82) is 0 Å². The van der Waals surface area contributed by atoms with Gasteiger partial charge in [0.2, 0.25) is 0 Å². The number of amides is 2. The van der Waals surface area contributed by atoms with Gasteiger partial charge in [-0.05, 0) is 37.5 Å². The van der Waals surface area contributed by atoms with Gasteiger partial charge in [-0.2, -0.15) is 0 Å². The van der Waals surface area contributed by atoms with E-state index in [9.17, 15) is 14.0 Å². The van der Waals surface area contributed by atoms with Crippen LogP contribution in [0.25, 0.3) is 0 Å². The second-order valence-electron chi connectivity index (χ2n) is 4.82. The molecule has 2 rings (SSSR count). The maximum atomic E-state index is 13.2. The minimum absolute atomic E-state index is 0.00676. The van der Waals surface area contributed by atoms with Crippen LogP contribution in [0.4, 0.5) is 14.9 Å². The number of hydrogen-bond acceptors (Lipinski definition) is 3. The zero-order chi connectivity index (χ0) is 15.2. The summed E-state index contributed by atoms with van der Waals surface area (Å²) < 4.78 is 18.7. The summed E-state index contributed by atoms with van der Waals surface area (Å²) in [5, 5.41) is 13.9. The molecule has 21 heavy (non-hydrogen) atoms. The first-order valence-electron chi connectivity index (χ1n) is 6.75. The van der Waals surface area contributed by atoms with Crippen LogP contribution in [0, 0.1) is 5.82 Å². The standard InChI is InChI=1S/C14H17FN2O4/c15-12-5-4-9(7-11(12)13(18)19)17-14(20)16-8-10-3-1-2-6-21-10/h4-5,7,10H,1-3,6,8H2,(H,18,19)(H2,16,17,20). The number of carboxylic acids is 1. The molecule has 0 saturated carbocycles. The minimum atomic E-state index is -1.38. The quantitative estimate of drug-likeness (QED) is 0.795. The van der Waals surface area contributed by atoms with Crippen LogP contribution in [-0.4, -0.2) is 36.4 Å². The average Bonchev–Trinajstić information content (AvgIpc) is 2.48. The number of anilines is 1. The minimum Gasteiger partial charge on any atom is -0.478 e. The first kappa shape index (κ1) is 15.2. The monoisotopic (exact) mass is 296 g/mol. The van der Waals surface area contributed by atoms with E-state index >= 15 is 0 Å². The number of carboxylic acid groups (broad SMARTS) is 1. The molecule has 1 aliphatic heterocycles. The van der Waals surface area contributed by atoms with E-state index in [0.717, 1.165) is 31.4 Å². The van der Waals surface area contributed by atoms with Gasteiger partial charge in [0.25, 0.3) is 0 Å². The van der Waals surface area contributed by atoms with E-state index in [1.54, 1.807) is 0 Å². The van der Waals surface area contributed by atoms with E-state index in [0.29, 0.717) is 13.2 Å². The number of aromatic carboxylic acids is 1. The Morgan fingerprint density at radius 2 is 2.19 bits per heavy atom. The summed E-state index contributed by atoms with van der Waals surface area (Å²) in [6, 6.07) is 2.91. The average molecular weight is 296 g/mol. The second-order valence-corrected chi connectivity index (χ2v) is 4.82. The Hall–Kier alpha value is -2.15. The summed E-state index contributed by atoms with van der Waals surface area (Å²) in [6.07, 6.45) is 3.02. The predicted octanol–water partition coefficient (Wildman–Crippen LogP) is 2.21. The smallest absolute Gasteiger partial charge is 0.338 e. The lowest BCUT2D eigenvalue weighted by molar-refractivity contribution is 0.0187. The van der Waals surface area contributed by atoms with E-state index < -0.39 is 23.4 Å². The molecule has 1 unspecified atom stereocenters. The maximum Gasteiger partial charge on any atom is 0.338 e. The van der Waals surface area contributed by atoms with Crippen molar-refractivity contribution in [2.45, 2.75) is 25.4 Å². The van der Waals surface area contributed by atoms with Crippen LogP contribution < -0.4 is 10.6 Å². The third-order valence-corrected chi connectivity index (χ3v) is 3.22. The van der Waals surface area contributed by atoms with Crippen molar-refractivity contribution in [3.8, 4) is 0 Å². The fraction of sp³-hybridized carbons (Fsp3) is 0.429. The van der Waals surface area contributed by atoms with Crippen LogP contribution in [-0.2, 0) is 4.74 Å². The van der Waals surface area contributed by atoms with Gasteiger partial charge in [0.1, 0.15) is 5.82 Å². The molecule has 0 bridgehead atoms. The van der Waals surface area contributed by atoms with Crippen LogP contribution in [0.2, 0.25) is 0 Å². The number of halogens is 1. The fourth-order valence-corrected chi connectivity index (χ4v) is 2.12. The summed E-state index contributed by atoms with van der Waals surface area (Å²) in [5.41, 5.74) is -0.265. The van der Waals surface area contributed by atoms with Crippen molar-refractivity contribution in [3.05, 3.63) is 29.6 Å². The molecule has 7 heteroatoms. The third-order valence-electron chi connectivity index (χ3n) is 3.22. The molecule has 1 aliphatic rings. The van der Waals surface area contributed by atoms with Gasteiger partial charge >= 0.3 is 12.0 Å². The zero-order valence-corrected chi connectivity index (χ0v) is 11.4. The first-order chi connectivity index (χ1) is 10.1. The number of rotatable bonds is 4. The number of urea groups is 1. The molecule has 1 aromatic carbocycles. The van der Waals surface area contributed by atoms with Crippen LogP contribution in [0.3, 0.4) is 0 Å². The van der Waals surface area contributed by atoms with E-state index in [-0.39, 0.29) is 11.8 Å². The highest BCUT2D eigenvalue weighted by molar-refractivity contribution is 5.93. The number of hydrogen-bond donors (Lipinski definition) is 3. The predicted molar refractivity (Wildman–Crippen MR) is 74.0 cm³/mol. The fourth-order valence-electron chi connectivity index (χ4n) is 2.12. The lowest BCUT2D eigenvalue weighted by Crippen LogP contribution is -2.37. The lowest BCUT2D eigenvalue weighted by Gasteiger charge is -2.22. The summed E-state index contributed by atoms with van der Waals surface area (Å²) in [4.78, 5) is 22.5. The molecule has 1 saturated heterocycles. The lowest BCUT2D eigenvalue weighted by atomic mass is 10.1. The largest absolute Gasteiger partial charge is 0.478 e. The van der Waals surface area contributed by atoms with Gasteiger partial charge in [-0.15, -0.1) is 0 Å². The Bertz CT molecular complexity index is 530. The van der Waals surface area contributed by atoms with Gasteiger partial charge < -0.3 is 20.5 Å². The van der Waals surface area contributed by atoms with Gasteiger partial charge in [-0.25, -0.2) is 14.0 Å². The number of benzene rings is 1. The van der Waals surface area contributed by atoms with Gasteiger partial charge in [0.15, 0.2) is 0 Å². The highest BCUT2D eigenvalue weighted by Gasteiger charge is 2.15. The first-order valence-corrected chi connectivity index (χ1v) is 6.75. The van der Waals surface area contributed by atoms with Gasteiger partial charge in [0.05, 0.1) is 11.7 Å². The van der Waals surface area contributed by atoms with Crippen molar-refractivity contribution in [2.24, 2.45) is 0 Å². The molecule has 1 heterocycles. The second kappa shape index (κ2) is 7.03. The Morgan fingerprint density at radius 3 is 2.86 bits per heavy atom. The third kappa shape index (κ3) is 4.42. The van der Waals surface area contributed by atoms with Crippen LogP contribution >= 0.6 is 0 Å². The molecule has 0 spiro atoms. The Balaban J connectivity index is 1.87. The molecular weight excluding hydrogens is 279 g/mol. The number of nitrogens with one attached hydrogen (secondary N) is 2. The number of carbonyl (C=O) groups is 2. The Labute approximate surface area is 121 Å². The van der Waals surface area contributed by atoms with Gasteiger partial charge in [-0.1, -0.05) is 0 Å². The van der Waals surface area contributed by atoms with E-state index in [2.05, 4.69) is 10.6 Å². The molecule has 114 valence electrons. The molecular formula is C14H17FN2O4. The normalized spacial score (nSPS) is 18.0. The van der Waals surface area contributed by atoms with E-state index in [4.69, 9.17) is 9.84 Å². The van der Waals surface area contributed by atoms with Crippen LogP contribution in [0.1, 0.15) is 29.6 Å². The molecule has 0 aliphatic carbocycles. The summed E-state index contributed by atoms with van der Waals surface area (Å²) in [6.45, 7) is 1.09. The molecule has 1 fully saturated rings. The molecule has 0 aromatic heterocycles. The topological polar surface area (TPSA) is 87.7 Å². The van der Waals surface area contributed by atoms with Crippen molar-refractivity contribution in [1.82, 2.24) is 5.32 Å². The van der Waals surface area contributed by atoms with Crippen molar-refractivity contribution >= 4 is 17.7 Å². The molecule has 1 aromatic rings. The van der Waals surface area contributed by atoms with Crippen molar-refractivity contribution in [3.63, 3.8) is 0 Å². The van der Waals surface area contributed by atoms with Gasteiger partial charge in [0, 0.05) is 18.8 Å². The highest BCUT2D eigenvalue weighted by Crippen LogP contribution is 2.15. The van der Waals surface area contributed by atoms with E-state index in [1.165, 1.54) is 6.07 Å². The molecule has 1 atom stereocenters. The highest BCUT2D eigenvalue weighted by atomic mass is 19.1. The van der Waals surface area contributed by atoms with Crippen molar-refractivity contribution < 1.29 is 23.8 Å².